The Kier molecular flexibility index (Phi) is 4.69. The van der Waals surface area contributed by atoms with E-state index in [4.69, 9.17) is 5.11 Å². The fourth-order valence-electron chi connectivity index (χ4n) is 0.696. The molecule has 0 saturated heterocycles. The zero-order chi connectivity index (χ0) is 10.5. The first-order valence-corrected chi connectivity index (χ1v) is 5.36. The molecule has 0 saturated carbocycles. The van der Waals surface area contributed by atoms with E-state index < -0.39 is 21.1 Å². The molecule has 3 nitrogen and oxygen atoms in total. The maximum Gasteiger partial charge on any atom is 0.497 e. The van der Waals surface area contributed by atoms with Crippen LogP contribution in [0, 0.1) is 0 Å². The molecule has 0 aromatic rings. The average molecular weight is 220 g/mol. The van der Waals surface area contributed by atoms with Gasteiger partial charge in [0.05, 0.1) is 5.75 Å². The van der Waals surface area contributed by atoms with E-state index in [1.807, 2.05) is 0 Å². The highest BCUT2D eigenvalue weighted by atomic mass is 32.2. The Balaban J connectivity index is 3.92. The van der Waals surface area contributed by atoms with Crippen LogP contribution in [0.5, 0.6) is 0 Å². The molecule has 0 amide bonds. The van der Waals surface area contributed by atoms with Crippen LogP contribution in [0.15, 0.2) is 0 Å². The molecule has 0 atom stereocenters. The number of hydrogen-bond acceptors (Lipinski definition) is 3. The van der Waals surface area contributed by atoms with Gasteiger partial charge in [-0.25, -0.2) is 8.42 Å². The van der Waals surface area contributed by atoms with Crippen molar-refractivity contribution in [1.29, 1.82) is 0 Å². The summed E-state index contributed by atoms with van der Waals surface area (Å²) in [6, 6.07) is 0. The van der Waals surface area contributed by atoms with Crippen LogP contribution in [0.1, 0.15) is 19.3 Å². The third-order valence-corrected chi connectivity index (χ3v) is 2.96. The molecular weight excluding hydrogens is 209 g/mol. The topological polar surface area (TPSA) is 54.4 Å². The molecule has 0 heterocycles. The Morgan fingerprint density at radius 1 is 1.08 bits per heavy atom. The summed E-state index contributed by atoms with van der Waals surface area (Å²) in [5.41, 5.74) is -5.15. The number of unbranched alkanes of at least 4 members (excludes halogenated alkanes) is 2. The standard InChI is InChI=1S/C6H11F3O3S/c7-6(8,9)13(11,12)5-3-1-2-4-10/h10H,1-5H2. The SMILES string of the molecule is O=S(=O)(CCCCCO)C(F)(F)F. The van der Waals surface area contributed by atoms with Crippen molar-refractivity contribution in [3.63, 3.8) is 0 Å². The highest BCUT2D eigenvalue weighted by molar-refractivity contribution is 7.92. The number of hydrogen-bond donors (Lipinski definition) is 1. The van der Waals surface area contributed by atoms with Crippen molar-refractivity contribution in [2.75, 3.05) is 12.4 Å². The summed E-state index contributed by atoms with van der Waals surface area (Å²) in [6.45, 7) is -0.133. The third kappa shape index (κ3) is 4.47. The van der Waals surface area contributed by atoms with Crippen molar-refractivity contribution in [3.05, 3.63) is 0 Å². The lowest BCUT2D eigenvalue weighted by Gasteiger charge is -2.06. The predicted octanol–water partition coefficient (Wildman–Crippen LogP) is 1.08. The molecule has 0 spiro atoms. The van der Waals surface area contributed by atoms with Crippen LogP contribution in [-0.4, -0.2) is 31.4 Å². The fourth-order valence-corrected chi connectivity index (χ4v) is 1.51. The summed E-state index contributed by atoms with van der Waals surface area (Å²) in [5.74, 6) is -0.892. The molecule has 0 bridgehead atoms. The lowest BCUT2D eigenvalue weighted by atomic mass is 10.3. The highest BCUT2D eigenvalue weighted by Crippen LogP contribution is 2.24. The summed E-state index contributed by atoms with van der Waals surface area (Å²) >= 11 is 0. The molecule has 0 radical (unpaired) electrons. The quantitative estimate of drug-likeness (QED) is 0.705. The Morgan fingerprint density at radius 2 is 1.62 bits per heavy atom. The van der Waals surface area contributed by atoms with E-state index in [9.17, 15) is 21.6 Å². The minimum Gasteiger partial charge on any atom is -0.396 e. The van der Waals surface area contributed by atoms with Crippen LogP contribution in [0.3, 0.4) is 0 Å². The molecule has 0 aromatic heterocycles. The molecule has 0 rings (SSSR count). The number of aliphatic hydroxyl groups is 1. The van der Waals surface area contributed by atoms with Gasteiger partial charge in [0.25, 0.3) is 0 Å². The highest BCUT2D eigenvalue weighted by Gasteiger charge is 2.44. The Labute approximate surface area is 74.5 Å². The predicted molar refractivity (Wildman–Crippen MR) is 40.8 cm³/mol. The van der Waals surface area contributed by atoms with Crippen molar-refractivity contribution in [2.45, 2.75) is 24.8 Å². The molecule has 1 N–H and O–H groups in total. The normalized spacial score (nSPS) is 13.2. The number of sulfone groups is 1. The number of rotatable bonds is 5. The molecule has 0 aromatic carbocycles. The van der Waals surface area contributed by atoms with Crippen molar-refractivity contribution >= 4 is 9.84 Å². The molecule has 7 heteroatoms. The summed E-state index contributed by atoms with van der Waals surface area (Å²) in [7, 11) is -4.96. The van der Waals surface area contributed by atoms with Gasteiger partial charge in [-0.1, -0.05) is 6.42 Å². The Morgan fingerprint density at radius 3 is 2.00 bits per heavy atom. The third-order valence-electron chi connectivity index (χ3n) is 1.42. The smallest absolute Gasteiger partial charge is 0.396 e. The Bertz CT molecular complexity index is 232. The second kappa shape index (κ2) is 4.80. The number of alkyl halides is 3. The van der Waals surface area contributed by atoms with Gasteiger partial charge in [0.2, 0.25) is 9.84 Å². The zero-order valence-corrected chi connectivity index (χ0v) is 7.66. The first-order valence-electron chi connectivity index (χ1n) is 3.71. The fraction of sp³-hybridized carbons (Fsp3) is 1.00. The molecular formula is C6H11F3O3S. The maximum atomic E-state index is 11.7. The maximum absolute atomic E-state index is 11.7. The van der Waals surface area contributed by atoms with Crippen molar-refractivity contribution in [1.82, 2.24) is 0 Å². The van der Waals surface area contributed by atoms with E-state index in [0.717, 1.165) is 0 Å². The van der Waals surface area contributed by atoms with Gasteiger partial charge in [0.15, 0.2) is 0 Å². The lowest BCUT2D eigenvalue weighted by Crippen LogP contribution is -2.26. The zero-order valence-electron chi connectivity index (χ0n) is 6.84. The van der Waals surface area contributed by atoms with Crippen LogP contribution in [-0.2, 0) is 9.84 Å². The van der Waals surface area contributed by atoms with Gasteiger partial charge in [0.1, 0.15) is 0 Å². The minimum absolute atomic E-state index is 0.0671. The first kappa shape index (κ1) is 12.7. The molecule has 13 heavy (non-hydrogen) atoms. The van der Waals surface area contributed by atoms with Gasteiger partial charge < -0.3 is 5.11 Å². The van der Waals surface area contributed by atoms with Gasteiger partial charge >= 0.3 is 5.51 Å². The molecule has 0 aliphatic rings. The lowest BCUT2D eigenvalue weighted by molar-refractivity contribution is -0.0435. The number of halogens is 3. The average Bonchev–Trinajstić information content (AvgIpc) is 1.96. The summed E-state index contributed by atoms with van der Waals surface area (Å²) in [5, 5.41) is 8.28. The molecule has 0 unspecified atom stereocenters. The van der Waals surface area contributed by atoms with Gasteiger partial charge in [0, 0.05) is 6.61 Å². The molecule has 80 valence electrons. The second-order valence-corrected chi connectivity index (χ2v) is 4.65. The van der Waals surface area contributed by atoms with Crippen molar-refractivity contribution in [3.8, 4) is 0 Å². The Hall–Kier alpha value is -0.300. The van der Waals surface area contributed by atoms with E-state index >= 15 is 0 Å². The monoisotopic (exact) mass is 220 g/mol. The molecule has 0 aliphatic heterocycles. The molecule has 0 fully saturated rings. The minimum atomic E-state index is -5.15. The van der Waals surface area contributed by atoms with Crippen molar-refractivity contribution < 1.29 is 26.7 Å². The van der Waals surface area contributed by atoms with Gasteiger partial charge in [-0.2, -0.15) is 13.2 Å². The van der Waals surface area contributed by atoms with E-state index in [0.29, 0.717) is 6.42 Å². The summed E-state index contributed by atoms with van der Waals surface area (Å²) in [4.78, 5) is 0. The summed E-state index contributed by atoms with van der Waals surface area (Å²) in [6.07, 6.45) is 0.543. The van der Waals surface area contributed by atoms with E-state index in [1.54, 1.807) is 0 Å². The molecule has 0 aliphatic carbocycles. The van der Waals surface area contributed by atoms with E-state index in [-0.39, 0.29) is 19.4 Å². The van der Waals surface area contributed by atoms with Crippen LogP contribution in [0.25, 0.3) is 0 Å². The van der Waals surface area contributed by atoms with Gasteiger partial charge in [-0.3, -0.25) is 0 Å². The van der Waals surface area contributed by atoms with E-state index in [1.165, 1.54) is 0 Å². The van der Waals surface area contributed by atoms with Crippen LogP contribution in [0.4, 0.5) is 13.2 Å². The van der Waals surface area contributed by atoms with Crippen molar-refractivity contribution in [2.24, 2.45) is 0 Å². The van der Waals surface area contributed by atoms with Crippen LogP contribution >= 0.6 is 0 Å². The number of aliphatic hydroxyl groups excluding tert-OH is 1. The largest absolute Gasteiger partial charge is 0.497 e. The van der Waals surface area contributed by atoms with Crippen LogP contribution in [0.2, 0.25) is 0 Å². The van der Waals surface area contributed by atoms with Gasteiger partial charge in [-0.15, -0.1) is 0 Å². The van der Waals surface area contributed by atoms with Crippen LogP contribution < -0.4 is 0 Å². The van der Waals surface area contributed by atoms with Gasteiger partial charge in [-0.05, 0) is 12.8 Å². The van der Waals surface area contributed by atoms with E-state index in [2.05, 4.69) is 0 Å². The summed E-state index contributed by atoms with van der Waals surface area (Å²) < 4.78 is 56.0. The first-order chi connectivity index (χ1) is 5.81. The second-order valence-electron chi connectivity index (χ2n) is 2.55.